The van der Waals surface area contributed by atoms with Crippen LogP contribution in [0.4, 0.5) is 0 Å². The van der Waals surface area contributed by atoms with Crippen molar-refractivity contribution in [2.75, 3.05) is 13.7 Å². The first-order valence-corrected chi connectivity index (χ1v) is 7.63. The van der Waals surface area contributed by atoms with Crippen LogP contribution in [0.25, 0.3) is 11.1 Å². The molecule has 0 aliphatic carbocycles. The molecule has 0 saturated heterocycles. The van der Waals surface area contributed by atoms with Gasteiger partial charge in [-0.15, -0.1) is 0 Å². The molecule has 124 valence electrons. The summed E-state index contributed by atoms with van der Waals surface area (Å²) in [6.07, 6.45) is 1.56. The molecule has 3 rings (SSSR count). The number of esters is 1. The van der Waals surface area contributed by atoms with Crippen molar-refractivity contribution in [1.82, 2.24) is 9.88 Å². The molecule has 6 nitrogen and oxygen atoms in total. The fourth-order valence-electron chi connectivity index (χ4n) is 2.45. The van der Waals surface area contributed by atoms with Gasteiger partial charge in [0, 0.05) is 23.7 Å². The van der Waals surface area contributed by atoms with Crippen LogP contribution in [0.3, 0.4) is 0 Å². The van der Waals surface area contributed by atoms with Gasteiger partial charge >= 0.3 is 5.97 Å². The summed E-state index contributed by atoms with van der Waals surface area (Å²) in [5, 5.41) is 3.15. The van der Waals surface area contributed by atoms with E-state index in [-0.39, 0.29) is 12.5 Å². The van der Waals surface area contributed by atoms with Crippen LogP contribution in [0.2, 0.25) is 5.02 Å². The Morgan fingerprint density at radius 1 is 1.29 bits per heavy atom. The Labute approximate surface area is 142 Å². The molecule has 7 heteroatoms. The molecule has 2 heterocycles. The fourth-order valence-corrected chi connectivity index (χ4v) is 2.64. The molecule has 0 aliphatic rings. The predicted molar refractivity (Wildman–Crippen MR) is 89.1 cm³/mol. The molecule has 3 aromatic rings. The maximum absolute atomic E-state index is 12.4. The summed E-state index contributed by atoms with van der Waals surface area (Å²) in [6.45, 7) is 0.206. The number of carbonyl (C=O) groups excluding carboxylic acids is 2. The van der Waals surface area contributed by atoms with Crippen LogP contribution < -0.4 is 5.32 Å². The second-order valence-electron chi connectivity index (χ2n) is 5.14. The van der Waals surface area contributed by atoms with Gasteiger partial charge in [-0.25, -0.2) is 0 Å². The summed E-state index contributed by atoms with van der Waals surface area (Å²) in [6, 6.07) is 10.8. The van der Waals surface area contributed by atoms with Gasteiger partial charge in [0.1, 0.15) is 12.2 Å². The normalized spacial score (nSPS) is 10.8. The van der Waals surface area contributed by atoms with Crippen molar-refractivity contribution in [3.8, 4) is 0 Å². The highest BCUT2D eigenvalue weighted by Crippen LogP contribution is 2.24. The Hall–Kier alpha value is -2.73. The maximum atomic E-state index is 12.4. The van der Waals surface area contributed by atoms with Crippen molar-refractivity contribution in [3.05, 3.63) is 58.9 Å². The van der Waals surface area contributed by atoms with Crippen LogP contribution in [0, 0.1) is 0 Å². The number of hydrogen-bond donors (Lipinski definition) is 1. The second-order valence-corrected chi connectivity index (χ2v) is 5.54. The van der Waals surface area contributed by atoms with Gasteiger partial charge in [0.2, 0.25) is 0 Å². The topological polar surface area (TPSA) is 73.5 Å². The molecule has 0 spiro atoms. The summed E-state index contributed by atoms with van der Waals surface area (Å²) in [7, 11) is 1.27. The summed E-state index contributed by atoms with van der Waals surface area (Å²) < 4.78 is 11.7. The lowest BCUT2D eigenvalue weighted by molar-refractivity contribution is -0.139. The number of methoxy groups -OCH3 is 1. The van der Waals surface area contributed by atoms with E-state index in [0.29, 0.717) is 22.8 Å². The van der Waals surface area contributed by atoms with Crippen molar-refractivity contribution in [2.24, 2.45) is 0 Å². The van der Waals surface area contributed by atoms with Gasteiger partial charge in [0.05, 0.1) is 18.9 Å². The fraction of sp³-hybridized carbons (Fsp3) is 0.176. The van der Waals surface area contributed by atoms with E-state index in [1.165, 1.54) is 7.11 Å². The van der Waals surface area contributed by atoms with E-state index >= 15 is 0 Å². The number of fused-ring (bicyclic) bond motifs is 1. The molecule has 0 atom stereocenters. The van der Waals surface area contributed by atoms with E-state index in [1.807, 2.05) is 18.2 Å². The third kappa shape index (κ3) is 3.14. The first-order valence-electron chi connectivity index (χ1n) is 7.25. The van der Waals surface area contributed by atoms with E-state index < -0.39 is 5.97 Å². The smallest absolute Gasteiger partial charge is 0.325 e. The number of rotatable bonds is 5. The number of hydrogen-bond acceptors (Lipinski definition) is 4. The van der Waals surface area contributed by atoms with Gasteiger partial charge in [0.15, 0.2) is 5.58 Å². The predicted octanol–water partition coefficient (Wildman–Crippen LogP) is 2.84. The number of benzene rings is 1. The highest BCUT2D eigenvalue weighted by molar-refractivity contribution is 6.31. The van der Waals surface area contributed by atoms with E-state index in [4.69, 9.17) is 16.0 Å². The van der Waals surface area contributed by atoms with Gasteiger partial charge in [0.25, 0.3) is 5.91 Å². The Morgan fingerprint density at radius 3 is 2.83 bits per heavy atom. The summed E-state index contributed by atoms with van der Waals surface area (Å²) in [5.41, 5.74) is 2.62. The highest BCUT2D eigenvalue weighted by atomic mass is 35.5. The molecule has 24 heavy (non-hydrogen) atoms. The molecule has 0 unspecified atom stereocenters. The number of furan rings is 1. The van der Waals surface area contributed by atoms with Gasteiger partial charge in [-0.05, 0) is 11.6 Å². The zero-order valence-electron chi connectivity index (χ0n) is 12.9. The number of ether oxygens (including phenoxy) is 1. The van der Waals surface area contributed by atoms with Crippen molar-refractivity contribution in [3.63, 3.8) is 0 Å². The molecule has 0 radical (unpaired) electrons. The second kappa shape index (κ2) is 6.80. The Morgan fingerprint density at radius 2 is 2.08 bits per heavy atom. The highest BCUT2D eigenvalue weighted by Gasteiger charge is 2.19. The maximum Gasteiger partial charge on any atom is 0.325 e. The van der Waals surface area contributed by atoms with E-state index in [1.54, 1.807) is 29.0 Å². The molecular weight excluding hydrogens is 332 g/mol. The van der Waals surface area contributed by atoms with Gasteiger partial charge < -0.3 is 19.0 Å². The average molecular weight is 347 g/mol. The number of halogens is 1. The first-order chi connectivity index (χ1) is 11.6. The molecule has 1 N–H and O–H groups in total. The minimum atomic E-state index is -0.517. The average Bonchev–Trinajstić information content (AvgIpc) is 3.16. The number of nitrogens with zero attached hydrogens (tertiary/aromatic N) is 1. The van der Waals surface area contributed by atoms with Crippen LogP contribution in [-0.4, -0.2) is 30.1 Å². The number of carbonyl (C=O) groups is 2. The standard InChI is InChI=1S/C17H15ClN2O4/c1-23-16(21)9-19-17(22)14-8-15-13(6-7-24-15)20(14)10-11-4-2-3-5-12(11)18/h2-8H,9-10H2,1H3,(H,19,22). The quantitative estimate of drug-likeness (QED) is 0.721. The molecule has 0 bridgehead atoms. The monoisotopic (exact) mass is 346 g/mol. The van der Waals surface area contributed by atoms with Crippen LogP contribution in [0.15, 0.2) is 47.1 Å². The van der Waals surface area contributed by atoms with Gasteiger partial charge in [-0.2, -0.15) is 0 Å². The summed E-state index contributed by atoms with van der Waals surface area (Å²) in [4.78, 5) is 23.6. The molecule has 1 amide bonds. The lowest BCUT2D eigenvalue weighted by Crippen LogP contribution is -2.31. The lowest BCUT2D eigenvalue weighted by Gasteiger charge is -2.11. The third-order valence-corrected chi connectivity index (χ3v) is 4.03. The molecule has 1 aromatic carbocycles. The van der Waals surface area contributed by atoms with E-state index in [0.717, 1.165) is 11.1 Å². The minimum absolute atomic E-state index is 0.200. The number of nitrogens with one attached hydrogen (secondary N) is 1. The Kier molecular flexibility index (Phi) is 4.57. The van der Waals surface area contributed by atoms with Crippen LogP contribution in [0.1, 0.15) is 16.1 Å². The van der Waals surface area contributed by atoms with Crippen LogP contribution >= 0.6 is 11.6 Å². The molecule has 0 fully saturated rings. The SMILES string of the molecule is COC(=O)CNC(=O)c1cc2occc2n1Cc1ccccc1Cl. The molecular formula is C17H15ClN2O4. The lowest BCUT2D eigenvalue weighted by atomic mass is 10.2. The molecule has 0 aliphatic heterocycles. The van der Waals surface area contributed by atoms with Crippen LogP contribution in [-0.2, 0) is 16.1 Å². The van der Waals surface area contributed by atoms with Crippen molar-refractivity contribution < 1.29 is 18.7 Å². The van der Waals surface area contributed by atoms with E-state index in [2.05, 4.69) is 10.1 Å². The Bertz CT molecular complexity index is 897. The third-order valence-electron chi connectivity index (χ3n) is 3.66. The van der Waals surface area contributed by atoms with E-state index in [9.17, 15) is 9.59 Å². The van der Waals surface area contributed by atoms with Crippen LogP contribution in [0.5, 0.6) is 0 Å². The number of amides is 1. The summed E-state index contributed by atoms with van der Waals surface area (Å²) in [5.74, 6) is -0.907. The Balaban J connectivity index is 1.93. The number of aromatic nitrogens is 1. The minimum Gasteiger partial charge on any atom is -0.468 e. The summed E-state index contributed by atoms with van der Waals surface area (Å²) >= 11 is 6.22. The zero-order valence-corrected chi connectivity index (χ0v) is 13.7. The van der Waals surface area contributed by atoms with Gasteiger partial charge in [-0.3, -0.25) is 9.59 Å². The first kappa shape index (κ1) is 16.1. The zero-order chi connectivity index (χ0) is 17.1. The molecule has 0 saturated carbocycles. The van der Waals surface area contributed by atoms with Crippen molar-refractivity contribution in [1.29, 1.82) is 0 Å². The van der Waals surface area contributed by atoms with Crippen molar-refractivity contribution >= 4 is 34.6 Å². The largest absolute Gasteiger partial charge is 0.468 e. The van der Waals surface area contributed by atoms with Gasteiger partial charge in [-0.1, -0.05) is 29.8 Å². The molecule has 2 aromatic heterocycles. The van der Waals surface area contributed by atoms with Crippen molar-refractivity contribution in [2.45, 2.75) is 6.54 Å².